The van der Waals surface area contributed by atoms with Crippen LogP contribution in [-0.2, 0) is 0 Å². The average molecular weight is 301 g/mol. The molecule has 0 aromatic rings. The monoisotopic (exact) mass is 300 g/mol. The first kappa shape index (κ1) is 13.6. The van der Waals surface area contributed by atoms with Crippen molar-refractivity contribution >= 4 is 15.9 Å². The van der Waals surface area contributed by atoms with E-state index in [1.54, 1.807) is 0 Å². The first-order chi connectivity index (χ1) is 7.83. The Kier molecular flexibility index (Phi) is 3.51. The molecule has 1 saturated carbocycles. The van der Waals surface area contributed by atoms with Gasteiger partial charge in [0.1, 0.15) is 0 Å². The van der Waals surface area contributed by atoms with Gasteiger partial charge < -0.3 is 5.11 Å². The van der Waals surface area contributed by atoms with Crippen molar-refractivity contribution in [2.75, 3.05) is 5.33 Å². The van der Waals surface area contributed by atoms with E-state index in [9.17, 15) is 5.11 Å². The standard InChI is InChI=1S/C15H25BrO/c1-10-11(9-16)15(4)7-5-6-14(2,3)13(15)8-12(10)17/h12-13,17H,5-9H2,1-4H3/t12-,13+,15-/m1/s1. The van der Waals surface area contributed by atoms with Gasteiger partial charge in [0.25, 0.3) is 0 Å². The summed E-state index contributed by atoms with van der Waals surface area (Å²) < 4.78 is 0. The molecule has 2 heteroatoms. The van der Waals surface area contributed by atoms with Crippen LogP contribution in [0.5, 0.6) is 0 Å². The van der Waals surface area contributed by atoms with E-state index in [0.717, 1.165) is 11.8 Å². The number of hydrogen-bond acceptors (Lipinski definition) is 1. The van der Waals surface area contributed by atoms with Crippen LogP contribution in [0.25, 0.3) is 0 Å². The molecule has 1 fully saturated rings. The minimum atomic E-state index is -0.224. The summed E-state index contributed by atoms with van der Waals surface area (Å²) in [4.78, 5) is 0. The van der Waals surface area contributed by atoms with Crippen molar-refractivity contribution in [1.29, 1.82) is 0 Å². The van der Waals surface area contributed by atoms with Gasteiger partial charge in [-0.3, -0.25) is 0 Å². The molecule has 0 heterocycles. The van der Waals surface area contributed by atoms with Crippen LogP contribution in [0.3, 0.4) is 0 Å². The van der Waals surface area contributed by atoms with Crippen molar-refractivity contribution in [2.24, 2.45) is 16.7 Å². The zero-order valence-corrected chi connectivity index (χ0v) is 13.1. The molecule has 0 saturated heterocycles. The predicted molar refractivity (Wildman–Crippen MR) is 76.3 cm³/mol. The molecule has 0 unspecified atom stereocenters. The number of halogens is 1. The highest BCUT2D eigenvalue weighted by Crippen LogP contribution is 2.59. The van der Waals surface area contributed by atoms with Crippen LogP contribution in [0.1, 0.15) is 53.4 Å². The lowest BCUT2D eigenvalue weighted by Gasteiger charge is -2.55. The molecule has 98 valence electrons. The van der Waals surface area contributed by atoms with E-state index in [4.69, 9.17) is 0 Å². The maximum atomic E-state index is 10.3. The van der Waals surface area contributed by atoms with Gasteiger partial charge in [0.2, 0.25) is 0 Å². The van der Waals surface area contributed by atoms with Crippen LogP contribution in [-0.4, -0.2) is 16.5 Å². The van der Waals surface area contributed by atoms with E-state index in [1.807, 2.05) is 0 Å². The van der Waals surface area contributed by atoms with Crippen molar-refractivity contribution in [3.05, 3.63) is 11.1 Å². The summed E-state index contributed by atoms with van der Waals surface area (Å²) in [6.07, 6.45) is 4.63. The molecule has 0 radical (unpaired) electrons. The molecule has 1 N–H and O–H groups in total. The summed E-state index contributed by atoms with van der Waals surface area (Å²) in [5, 5.41) is 11.2. The second-order valence-electron chi connectivity index (χ2n) is 6.86. The topological polar surface area (TPSA) is 20.2 Å². The smallest absolute Gasteiger partial charge is 0.0753 e. The van der Waals surface area contributed by atoms with Gasteiger partial charge in [-0.05, 0) is 48.5 Å². The van der Waals surface area contributed by atoms with Gasteiger partial charge in [-0.25, -0.2) is 0 Å². The maximum absolute atomic E-state index is 10.3. The Morgan fingerprint density at radius 3 is 2.53 bits per heavy atom. The fourth-order valence-electron chi connectivity index (χ4n) is 4.37. The first-order valence-electron chi connectivity index (χ1n) is 6.77. The lowest BCUT2D eigenvalue weighted by molar-refractivity contribution is -0.0182. The van der Waals surface area contributed by atoms with E-state index in [2.05, 4.69) is 43.6 Å². The molecule has 2 rings (SSSR count). The molecule has 0 aromatic heterocycles. The zero-order valence-electron chi connectivity index (χ0n) is 11.5. The summed E-state index contributed by atoms with van der Waals surface area (Å²) in [5.41, 5.74) is 3.35. The Bertz CT molecular complexity index is 345. The van der Waals surface area contributed by atoms with E-state index >= 15 is 0 Å². The number of hydrogen-bond donors (Lipinski definition) is 1. The highest BCUT2D eigenvalue weighted by molar-refractivity contribution is 9.09. The van der Waals surface area contributed by atoms with Crippen LogP contribution < -0.4 is 0 Å². The Morgan fingerprint density at radius 1 is 1.29 bits per heavy atom. The Morgan fingerprint density at radius 2 is 1.94 bits per heavy atom. The fourth-order valence-corrected chi connectivity index (χ4v) is 5.45. The SMILES string of the molecule is CC1=C(CBr)[C@@]2(C)CCCC(C)(C)[C@@H]2C[C@H]1O. The third-order valence-electron chi connectivity index (χ3n) is 5.49. The molecule has 0 aliphatic heterocycles. The van der Waals surface area contributed by atoms with Crippen molar-refractivity contribution in [1.82, 2.24) is 0 Å². The van der Waals surface area contributed by atoms with Gasteiger partial charge >= 0.3 is 0 Å². The third-order valence-corrected chi connectivity index (χ3v) is 6.05. The van der Waals surface area contributed by atoms with Crippen LogP contribution in [0.2, 0.25) is 0 Å². The minimum Gasteiger partial charge on any atom is -0.389 e. The zero-order chi connectivity index (χ0) is 12.8. The molecule has 0 amide bonds. The number of aliphatic hydroxyl groups excluding tert-OH is 1. The van der Waals surface area contributed by atoms with Gasteiger partial charge in [-0.2, -0.15) is 0 Å². The third kappa shape index (κ3) is 2.02. The summed E-state index contributed by atoms with van der Waals surface area (Å²) in [6.45, 7) is 9.30. The maximum Gasteiger partial charge on any atom is 0.0753 e. The van der Waals surface area contributed by atoms with Crippen LogP contribution in [0.4, 0.5) is 0 Å². The Labute approximate surface area is 114 Å². The van der Waals surface area contributed by atoms with Gasteiger partial charge in [0.05, 0.1) is 6.10 Å². The summed E-state index contributed by atoms with van der Waals surface area (Å²) >= 11 is 3.64. The normalized spacial score (nSPS) is 41.3. The van der Waals surface area contributed by atoms with Crippen LogP contribution in [0, 0.1) is 16.7 Å². The largest absolute Gasteiger partial charge is 0.389 e. The Balaban J connectivity index is 2.48. The summed E-state index contributed by atoms with van der Waals surface area (Å²) in [7, 11) is 0. The fraction of sp³-hybridized carbons (Fsp3) is 0.867. The van der Waals surface area contributed by atoms with Crippen molar-refractivity contribution in [3.8, 4) is 0 Å². The molecule has 3 atom stereocenters. The number of fused-ring (bicyclic) bond motifs is 1. The molecule has 17 heavy (non-hydrogen) atoms. The second-order valence-corrected chi connectivity index (χ2v) is 7.42. The highest BCUT2D eigenvalue weighted by Gasteiger charge is 2.51. The van der Waals surface area contributed by atoms with Crippen molar-refractivity contribution < 1.29 is 5.11 Å². The van der Waals surface area contributed by atoms with E-state index in [-0.39, 0.29) is 6.10 Å². The molecule has 1 nitrogen and oxygen atoms in total. The predicted octanol–water partition coefficient (Wildman–Crippen LogP) is 4.30. The van der Waals surface area contributed by atoms with E-state index in [1.165, 1.54) is 30.4 Å². The van der Waals surface area contributed by atoms with Crippen LogP contribution in [0.15, 0.2) is 11.1 Å². The summed E-state index contributed by atoms with van der Waals surface area (Å²) in [6, 6.07) is 0. The number of allylic oxidation sites excluding steroid dienone is 1. The van der Waals surface area contributed by atoms with Gasteiger partial charge in [0, 0.05) is 5.33 Å². The van der Waals surface area contributed by atoms with Gasteiger partial charge in [-0.15, -0.1) is 0 Å². The Hall–Kier alpha value is 0.180. The molecule has 2 aliphatic carbocycles. The van der Waals surface area contributed by atoms with Crippen molar-refractivity contribution in [2.45, 2.75) is 59.5 Å². The molecular weight excluding hydrogens is 276 g/mol. The molecule has 0 bridgehead atoms. The van der Waals surface area contributed by atoms with Gasteiger partial charge in [0.15, 0.2) is 0 Å². The minimum absolute atomic E-state index is 0.224. The number of rotatable bonds is 1. The second kappa shape index (κ2) is 4.38. The molecular formula is C15H25BrO. The van der Waals surface area contributed by atoms with E-state index in [0.29, 0.717) is 16.7 Å². The number of aliphatic hydroxyl groups is 1. The highest BCUT2D eigenvalue weighted by atomic mass is 79.9. The summed E-state index contributed by atoms with van der Waals surface area (Å²) in [5.74, 6) is 0.620. The number of alkyl halides is 1. The molecule has 0 spiro atoms. The molecule has 2 aliphatic rings. The van der Waals surface area contributed by atoms with Gasteiger partial charge in [-0.1, -0.05) is 48.7 Å². The lowest BCUT2D eigenvalue weighted by Crippen LogP contribution is -2.48. The van der Waals surface area contributed by atoms with E-state index < -0.39 is 0 Å². The van der Waals surface area contributed by atoms with Crippen molar-refractivity contribution in [3.63, 3.8) is 0 Å². The van der Waals surface area contributed by atoms with Crippen LogP contribution >= 0.6 is 15.9 Å². The molecule has 0 aromatic carbocycles. The quantitative estimate of drug-likeness (QED) is 0.565. The average Bonchev–Trinajstić information content (AvgIpc) is 2.22. The first-order valence-corrected chi connectivity index (χ1v) is 7.89. The lowest BCUT2D eigenvalue weighted by atomic mass is 9.50.